The quantitative estimate of drug-likeness (QED) is 0.511. The minimum atomic E-state index is -3.67. The van der Waals surface area contributed by atoms with Crippen molar-refractivity contribution < 1.29 is 18.3 Å². The maximum Gasteiger partial charge on any atom is 0.276 e. The molecule has 4 aliphatic carbocycles. The SMILES string of the molecule is Cc1ccc(S(=O)(=O)NN=C2CC[C@H]3[C@@H]4CC[C@H]5C[C@H](O)[C@@H](OC(C)C)C[C@]5(C)[C@H]4CC[C@]23C)cc1. The van der Waals surface area contributed by atoms with Crippen molar-refractivity contribution in [2.75, 3.05) is 0 Å². The van der Waals surface area contributed by atoms with Crippen LogP contribution in [0, 0.1) is 41.4 Å². The van der Waals surface area contributed by atoms with Gasteiger partial charge in [-0.2, -0.15) is 13.5 Å². The smallest absolute Gasteiger partial charge is 0.276 e. The van der Waals surface area contributed by atoms with Crippen molar-refractivity contribution in [3.05, 3.63) is 29.8 Å². The zero-order chi connectivity index (χ0) is 25.9. The lowest BCUT2D eigenvalue weighted by molar-refractivity contribution is -0.175. The molecule has 2 N–H and O–H groups in total. The van der Waals surface area contributed by atoms with Gasteiger partial charge < -0.3 is 9.84 Å². The minimum absolute atomic E-state index is 0.0534. The predicted molar refractivity (Wildman–Crippen MR) is 142 cm³/mol. The first-order valence-corrected chi connectivity index (χ1v) is 15.4. The molecule has 0 aromatic heterocycles. The summed E-state index contributed by atoms with van der Waals surface area (Å²) in [5, 5.41) is 15.4. The largest absolute Gasteiger partial charge is 0.390 e. The van der Waals surface area contributed by atoms with Crippen molar-refractivity contribution in [3.8, 4) is 0 Å². The van der Waals surface area contributed by atoms with E-state index in [1.807, 2.05) is 19.1 Å². The number of nitrogens with one attached hydrogen (secondary N) is 1. The second kappa shape index (κ2) is 9.39. The number of rotatable bonds is 5. The number of sulfonamides is 1. The zero-order valence-corrected chi connectivity index (χ0v) is 23.4. The number of aliphatic hydroxyl groups is 1. The zero-order valence-electron chi connectivity index (χ0n) is 22.5. The first-order chi connectivity index (χ1) is 16.9. The highest BCUT2D eigenvalue weighted by molar-refractivity contribution is 7.89. The molecule has 6 nitrogen and oxygen atoms in total. The van der Waals surface area contributed by atoms with Crippen molar-refractivity contribution in [2.45, 2.75) is 109 Å². The van der Waals surface area contributed by atoms with E-state index in [1.54, 1.807) is 12.1 Å². The fourth-order valence-electron chi connectivity index (χ4n) is 8.60. The van der Waals surface area contributed by atoms with Gasteiger partial charge in [-0.15, -0.1) is 0 Å². The number of ether oxygens (including phenoxy) is 1. The summed E-state index contributed by atoms with van der Waals surface area (Å²) in [6.07, 6.45) is 7.98. The van der Waals surface area contributed by atoms with Gasteiger partial charge in [0.25, 0.3) is 10.0 Å². The molecule has 0 amide bonds. The van der Waals surface area contributed by atoms with E-state index in [4.69, 9.17) is 4.74 Å². The van der Waals surface area contributed by atoms with Crippen molar-refractivity contribution >= 4 is 15.7 Å². The topological polar surface area (TPSA) is 88.0 Å². The highest BCUT2D eigenvalue weighted by Crippen LogP contribution is 2.65. The number of aliphatic hydroxyl groups excluding tert-OH is 1. The van der Waals surface area contributed by atoms with Gasteiger partial charge in [-0.05, 0) is 113 Å². The number of hydrazone groups is 1. The van der Waals surface area contributed by atoms with Gasteiger partial charge in [0.1, 0.15) is 0 Å². The highest BCUT2D eigenvalue weighted by Gasteiger charge is 2.60. The molecule has 7 heteroatoms. The molecule has 0 heterocycles. The van der Waals surface area contributed by atoms with Crippen LogP contribution >= 0.6 is 0 Å². The van der Waals surface area contributed by atoms with E-state index in [1.165, 1.54) is 12.8 Å². The third-order valence-electron chi connectivity index (χ3n) is 10.5. The van der Waals surface area contributed by atoms with Crippen LogP contribution in [0.15, 0.2) is 34.3 Å². The van der Waals surface area contributed by atoms with Gasteiger partial charge >= 0.3 is 0 Å². The average molecular weight is 517 g/mol. The second-order valence-electron chi connectivity index (χ2n) is 12.8. The minimum Gasteiger partial charge on any atom is -0.390 e. The normalized spacial score (nSPS) is 41.6. The predicted octanol–water partition coefficient (Wildman–Crippen LogP) is 5.44. The lowest BCUT2D eigenvalue weighted by Gasteiger charge is -2.61. The van der Waals surface area contributed by atoms with Crippen LogP contribution in [0.25, 0.3) is 0 Å². The molecule has 4 aliphatic rings. The van der Waals surface area contributed by atoms with Gasteiger partial charge in [0.2, 0.25) is 0 Å². The summed E-state index contributed by atoms with van der Waals surface area (Å²) in [5.74, 6) is 2.35. The monoisotopic (exact) mass is 516 g/mol. The Morgan fingerprint density at radius 3 is 2.50 bits per heavy atom. The van der Waals surface area contributed by atoms with Crippen LogP contribution in [0.5, 0.6) is 0 Å². The molecule has 0 spiro atoms. The Balaban J connectivity index is 1.34. The molecule has 1 aromatic rings. The summed E-state index contributed by atoms with van der Waals surface area (Å²) in [6, 6.07) is 6.90. The van der Waals surface area contributed by atoms with Crippen molar-refractivity contribution in [1.29, 1.82) is 0 Å². The molecule has 0 bridgehead atoms. The summed E-state index contributed by atoms with van der Waals surface area (Å²) in [5.41, 5.74) is 2.19. The van der Waals surface area contributed by atoms with E-state index in [-0.39, 0.29) is 34.0 Å². The van der Waals surface area contributed by atoms with Crippen LogP contribution in [0.3, 0.4) is 0 Å². The average Bonchev–Trinajstić information content (AvgIpc) is 3.15. The van der Waals surface area contributed by atoms with Crippen LogP contribution in [-0.4, -0.2) is 37.5 Å². The number of hydrogen-bond donors (Lipinski definition) is 2. The van der Waals surface area contributed by atoms with E-state index in [0.29, 0.717) is 23.7 Å². The first-order valence-electron chi connectivity index (χ1n) is 13.9. The summed E-state index contributed by atoms with van der Waals surface area (Å²) >= 11 is 0. The Morgan fingerprint density at radius 1 is 1.08 bits per heavy atom. The third-order valence-corrected chi connectivity index (χ3v) is 11.7. The van der Waals surface area contributed by atoms with Crippen LogP contribution in [0.1, 0.15) is 84.6 Å². The molecule has 8 atom stereocenters. The number of aryl methyl sites for hydroxylation is 1. The fourth-order valence-corrected chi connectivity index (χ4v) is 9.43. The molecule has 0 aliphatic heterocycles. The summed E-state index contributed by atoms with van der Waals surface area (Å²) in [4.78, 5) is 2.82. The van der Waals surface area contributed by atoms with E-state index >= 15 is 0 Å². The van der Waals surface area contributed by atoms with Gasteiger partial charge in [0, 0.05) is 11.1 Å². The van der Waals surface area contributed by atoms with E-state index in [2.05, 4.69) is 37.6 Å². The van der Waals surface area contributed by atoms with E-state index in [9.17, 15) is 13.5 Å². The molecule has 5 rings (SSSR count). The van der Waals surface area contributed by atoms with E-state index < -0.39 is 10.0 Å². The van der Waals surface area contributed by atoms with Crippen LogP contribution < -0.4 is 4.83 Å². The van der Waals surface area contributed by atoms with Gasteiger partial charge in [-0.1, -0.05) is 31.5 Å². The van der Waals surface area contributed by atoms with Gasteiger partial charge in [-0.3, -0.25) is 0 Å². The second-order valence-corrected chi connectivity index (χ2v) is 14.5. The molecule has 4 fully saturated rings. The molecular weight excluding hydrogens is 472 g/mol. The molecule has 36 heavy (non-hydrogen) atoms. The molecule has 200 valence electrons. The maximum absolute atomic E-state index is 12.9. The Kier molecular flexibility index (Phi) is 6.83. The van der Waals surface area contributed by atoms with E-state index in [0.717, 1.165) is 49.8 Å². The number of benzene rings is 1. The Labute approximate surface area is 217 Å². The fraction of sp³-hybridized carbons (Fsp3) is 0.759. The molecule has 4 saturated carbocycles. The standard InChI is InChI=1S/C29H44N2O4S/c1-18(2)35-26-17-29(5)20(16-25(26)32)8-11-22-23-12-13-27(28(23,4)15-14-24(22)29)30-31-36(33,34)21-9-6-19(3)7-10-21/h6-7,9-10,18,20,22-26,31-32H,8,11-17H2,1-5H3/t20-,22-,23-,24-,25-,26-,28-,29-/m0/s1. The number of hydrogen-bond acceptors (Lipinski definition) is 5. The molecule has 0 radical (unpaired) electrons. The molecular formula is C29H44N2O4S. The summed E-state index contributed by atoms with van der Waals surface area (Å²) in [6.45, 7) is 10.9. The van der Waals surface area contributed by atoms with Crippen molar-refractivity contribution in [2.24, 2.45) is 39.6 Å². The van der Waals surface area contributed by atoms with Crippen LogP contribution in [0.2, 0.25) is 0 Å². The lowest BCUT2D eigenvalue weighted by Crippen LogP contribution is -2.57. The highest BCUT2D eigenvalue weighted by atomic mass is 32.2. The molecule has 1 aromatic carbocycles. The summed E-state index contributed by atoms with van der Waals surface area (Å²) in [7, 11) is -3.67. The van der Waals surface area contributed by atoms with Crippen LogP contribution in [-0.2, 0) is 14.8 Å². The number of nitrogens with zero attached hydrogens (tertiary/aromatic N) is 1. The maximum atomic E-state index is 12.9. The first kappa shape index (κ1) is 26.2. The Hall–Kier alpha value is -1.44. The van der Waals surface area contributed by atoms with Crippen LogP contribution in [0.4, 0.5) is 0 Å². The Morgan fingerprint density at radius 2 is 1.81 bits per heavy atom. The molecule has 0 saturated heterocycles. The van der Waals surface area contributed by atoms with Crippen molar-refractivity contribution in [1.82, 2.24) is 4.83 Å². The third kappa shape index (κ3) is 4.43. The summed E-state index contributed by atoms with van der Waals surface area (Å²) < 4.78 is 31.9. The van der Waals surface area contributed by atoms with Gasteiger partial charge in [-0.25, -0.2) is 4.83 Å². The Bertz CT molecular complexity index is 1100. The lowest BCUT2D eigenvalue weighted by atomic mass is 9.45. The van der Waals surface area contributed by atoms with Gasteiger partial charge in [0.05, 0.1) is 23.2 Å². The molecule has 0 unspecified atom stereocenters. The van der Waals surface area contributed by atoms with Crippen molar-refractivity contribution in [3.63, 3.8) is 0 Å². The number of fused-ring (bicyclic) bond motifs is 5. The van der Waals surface area contributed by atoms with Gasteiger partial charge in [0.15, 0.2) is 0 Å².